The van der Waals surface area contributed by atoms with E-state index in [9.17, 15) is 0 Å². The monoisotopic (exact) mass is 357 g/mol. The zero-order chi connectivity index (χ0) is 18.5. The van der Waals surface area contributed by atoms with Crippen LogP contribution in [0, 0.1) is 13.8 Å². The van der Waals surface area contributed by atoms with Gasteiger partial charge in [-0.3, -0.25) is 4.68 Å². The molecule has 0 amide bonds. The highest BCUT2D eigenvalue weighted by molar-refractivity contribution is 5.54. The lowest BCUT2D eigenvalue weighted by Crippen LogP contribution is -2.07. The molecule has 0 saturated heterocycles. The summed E-state index contributed by atoms with van der Waals surface area (Å²) in [5, 5.41) is 24.8. The number of ether oxygens (including phenoxy) is 1. The molecular formula is C18H23N5O3. The van der Waals surface area contributed by atoms with Gasteiger partial charge in [0, 0.05) is 23.4 Å². The van der Waals surface area contributed by atoms with Gasteiger partial charge >= 0.3 is 6.01 Å². The molecule has 0 bridgehead atoms. The molecule has 8 nitrogen and oxygen atoms in total. The smallest absolute Gasteiger partial charge is 0.316 e. The van der Waals surface area contributed by atoms with Crippen molar-refractivity contribution in [2.24, 2.45) is 0 Å². The molecule has 2 aromatic heterocycles. The highest BCUT2D eigenvalue weighted by Gasteiger charge is 2.13. The maximum Gasteiger partial charge on any atom is 0.316 e. The highest BCUT2D eigenvalue weighted by atomic mass is 16.5. The first kappa shape index (κ1) is 17.9. The van der Waals surface area contributed by atoms with E-state index in [4.69, 9.17) is 14.3 Å². The lowest BCUT2D eigenvalue weighted by atomic mass is 10.2. The van der Waals surface area contributed by atoms with Crippen LogP contribution in [0.15, 0.2) is 28.7 Å². The molecule has 0 fully saturated rings. The molecule has 0 aliphatic rings. The van der Waals surface area contributed by atoms with Crippen molar-refractivity contribution >= 4 is 6.01 Å². The van der Waals surface area contributed by atoms with E-state index in [-0.39, 0.29) is 6.61 Å². The van der Waals surface area contributed by atoms with Crippen LogP contribution in [0.2, 0.25) is 0 Å². The van der Waals surface area contributed by atoms with Crippen molar-refractivity contribution in [2.75, 3.05) is 18.5 Å². The van der Waals surface area contributed by atoms with Crippen LogP contribution in [0.25, 0.3) is 11.5 Å². The summed E-state index contributed by atoms with van der Waals surface area (Å²) in [7, 11) is 0. The van der Waals surface area contributed by atoms with Gasteiger partial charge in [-0.1, -0.05) is 5.10 Å². The van der Waals surface area contributed by atoms with Crippen molar-refractivity contribution in [3.8, 4) is 17.2 Å². The number of aromatic nitrogens is 4. The lowest BCUT2D eigenvalue weighted by Gasteiger charge is -2.04. The van der Waals surface area contributed by atoms with Crippen molar-refractivity contribution in [1.82, 2.24) is 20.0 Å². The number of rotatable bonds is 8. The van der Waals surface area contributed by atoms with Crippen LogP contribution in [0.5, 0.6) is 5.75 Å². The molecule has 0 atom stereocenters. The predicted octanol–water partition coefficient (Wildman–Crippen LogP) is 2.55. The number of hydrogen-bond donors (Lipinski definition) is 2. The van der Waals surface area contributed by atoms with Gasteiger partial charge in [-0.15, -0.1) is 5.10 Å². The summed E-state index contributed by atoms with van der Waals surface area (Å²) in [6.45, 7) is 7.55. The second-order valence-corrected chi connectivity index (χ2v) is 5.82. The molecule has 3 rings (SSSR count). The van der Waals surface area contributed by atoms with Crippen LogP contribution in [0.3, 0.4) is 0 Å². The Kier molecular flexibility index (Phi) is 5.52. The van der Waals surface area contributed by atoms with Gasteiger partial charge in [0.15, 0.2) is 0 Å². The third-order valence-corrected chi connectivity index (χ3v) is 4.10. The van der Waals surface area contributed by atoms with Gasteiger partial charge in [-0.25, -0.2) is 0 Å². The molecule has 2 heterocycles. The van der Waals surface area contributed by atoms with E-state index >= 15 is 0 Å². The predicted molar refractivity (Wildman–Crippen MR) is 97.0 cm³/mol. The lowest BCUT2D eigenvalue weighted by molar-refractivity contribution is 0.268. The van der Waals surface area contributed by atoms with Gasteiger partial charge in [0.25, 0.3) is 0 Å². The van der Waals surface area contributed by atoms with Crippen LogP contribution in [0.1, 0.15) is 23.9 Å². The molecule has 0 saturated carbocycles. The topological polar surface area (TPSA) is 98.2 Å². The molecule has 0 aliphatic carbocycles. The Morgan fingerprint density at radius 1 is 1.19 bits per heavy atom. The second kappa shape index (κ2) is 8.01. The van der Waals surface area contributed by atoms with Crippen LogP contribution in [-0.2, 0) is 13.1 Å². The first-order valence-corrected chi connectivity index (χ1v) is 8.56. The summed E-state index contributed by atoms with van der Waals surface area (Å²) in [6.07, 6.45) is 0. The van der Waals surface area contributed by atoms with E-state index in [1.165, 1.54) is 0 Å². The fourth-order valence-electron chi connectivity index (χ4n) is 2.74. The Morgan fingerprint density at radius 3 is 2.65 bits per heavy atom. The molecule has 0 aliphatic heterocycles. The Balaban J connectivity index is 1.67. The van der Waals surface area contributed by atoms with Crippen LogP contribution >= 0.6 is 0 Å². The third-order valence-electron chi connectivity index (χ3n) is 4.10. The molecular weight excluding hydrogens is 334 g/mol. The molecule has 0 spiro atoms. The van der Waals surface area contributed by atoms with Crippen molar-refractivity contribution < 1.29 is 14.3 Å². The SMILES string of the molecule is CCOc1ccc(-c2nnc(NCc3c(C)nn(CCO)c3C)o2)cc1. The van der Waals surface area contributed by atoms with E-state index in [0.717, 1.165) is 28.3 Å². The van der Waals surface area contributed by atoms with Gasteiger partial charge in [-0.05, 0) is 45.0 Å². The minimum absolute atomic E-state index is 0.0595. The van der Waals surface area contributed by atoms with Crippen molar-refractivity contribution in [1.29, 1.82) is 0 Å². The Labute approximate surface area is 151 Å². The van der Waals surface area contributed by atoms with Crippen molar-refractivity contribution in [3.05, 3.63) is 41.2 Å². The maximum absolute atomic E-state index is 9.09. The van der Waals surface area contributed by atoms with Gasteiger partial charge in [-0.2, -0.15) is 5.10 Å². The van der Waals surface area contributed by atoms with Gasteiger partial charge in [0.05, 0.1) is 25.5 Å². The molecule has 26 heavy (non-hydrogen) atoms. The summed E-state index contributed by atoms with van der Waals surface area (Å²) in [4.78, 5) is 0. The fourth-order valence-corrected chi connectivity index (χ4v) is 2.74. The summed E-state index contributed by atoms with van der Waals surface area (Å²) >= 11 is 0. The quantitative estimate of drug-likeness (QED) is 0.639. The zero-order valence-corrected chi connectivity index (χ0v) is 15.2. The highest BCUT2D eigenvalue weighted by Crippen LogP contribution is 2.23. The number of aliphatic hydroxyl groups excluding tert-OH is 1. The first-order chi connectivity index (χ1) is 12.6. The maximum atomic E-state index is 9.09. The molecule has 0 radical (unpaired) electrons. The van der Waals surface area contributed by atoms with Gasteiger partial charge in [0.2, 0.25) is 5.89 Å². The average molecular weight is 357 g/mol. The second-order valence-electron chi connectivity index (χ2n) is 5.82. The van der Waals surface area contributed by atoms with E-state index in [2.05, 4.69) is 20.6 Å². The average Bonchev–Trinajstić information content (AvgIpc) is 3.20. The molecule has 2 N–H and O–H groups in total. The van der Waals surface area contributed by atoms with Crippen molar-refractivity contribution in [2.45, 2.75) is 33.9 Å². The number of nitrogens with one attached hydrogen (secondary N) is 1. The van der Waals surface area contributed by atoms with Crippen LogP contribution in [-0.4, -0.2) is 38.3 Å². The Hall–Kier alpha value is -2.87. The Morgan fingerprint density at radius 2 is 1.96 bits per heavy atom. The number of nitrogens with zero attached hydrogens (tertiary/aromatic N) is 4. The summed E-state index contributed by atoms with van der Waals surface area (Å²) in [5.74, 6) is 1.25. The van der Waals surface area contributed by atoms with Crippen LogP contribution in [0.4, 0.5) is 6.01 Å². The summed E-state index contributed by atoms with van der Waals surface area (Å²) in [5.41, 5.74) is 3.81. The number of anilines is 1. The molecule has 1 aromatic carbocycles. The molecule has 3 aromatic rings. The largest absolute Gasteiger partial charge is 0.494 e. The van der Waals surface area contributed by atoms with Crippen LogP contribution < -0.4 is 10.1 Å². The molecule has 138 valence electrons. The van der Waals surface area contributed by atoms with Gasteiger partial charge < -0.3 is 19.6 Å². The minimum atomic E-state index is 0.0595. The summed E-state index contributed by atoms with van der Waals surface area (Å²) < 4.78 is 12.9. The minimum Gasteiger partial charge on any atom is -0.494 e. The fraction of sp³-hybridized carbons (Fsp3) is 0.389. The first-order valence-electron chi connectivity index (χ1n) is 8.56. The summed E-state index contributed by atoms with van der Waals surface area (Å²) in [6, 6.07) is 7.87. The van der Waals surface area contributed by atoms with Crippen molar-refractivity contribution in [3.63, 3.8) is 0 Å². The molecule has 8 heteroatoms. The zero-order valence-electron chi connectivity index (χ0n) is 15.2. The third kappa shape index (κ3) is 3.85. The van der Waals surface area contributed by atoms with E-state index in [1.807, 2.05) is 45.0 Å². The Bertz CT molecular complexity index is 854. The van der Waals surface area contributed by atoms with Gasteiger partial charge in [0.1, 0.15) is 5.75 Å². The normalized spacial score (nSPS) is 10.9. The number of aryl methyl sites for hydroxylation is 1. The molecule has 0 unspecified atom stereocenters. The van der Waals surface area contributed by atoms with E-state index < -0.39 is 0 Å². The standard InChI is InChI=1S/C18H23N5O3/c1-4-25-15-7-5-14(6-8-15)17-20-21-18(26-17)19-11-16-12(2)22-23(9-10-24)13(16)3/h5-8,24H,4,9-11H2,1-3H3,(H,19,21). The number of aliphatic hydroxyl groups is 1. The number of hydrogen-bond acceptors (Lipinski definition) is 7. The van der Waals surface area contributed by atoms with E-state index in [0.29, 0.717) is 31.6 Å². The number of benzene rings is 1. The van der Waals surface area contributed by atoms with E-state index in [1.54, 1.807) is 4.68 Å².